The van der Waals surface area contributed by atoms with E-state index in [4.69, 9.17) is 9.94 Å². The van der Waals surface area contributed by atoms with Crippen LogP contribution in [-0.2, 0) is 4.84 Å². The summed E-state index contributed by atoms with van der Waals surface area (Å²) in [5.41, 5.74) is 6.83. The van der Waals surface area contributed by atoms with Crippen LogP contribution in [-0.4, -0.2) is 94.3 Å². The summed E-state index contributed by atoms with van der Waals surface area (Å²) in [5, 5.41) is 10.6. The van der Waals surface area contributed by atoms with Gasteiger partial charge in [0.25, 0.3) is 0 Å². The fraction of sp³-hybridized carbons (Fsp3) is 0.321. The molecule has 0 radical (unpaired) electrons. The third-order valence-electron chi connectivity index (χ3n) is 6.90. The molecule has 1 fully saturated rings. The van der Waals surface area contributed by atoms with Gasteiger partial charge < -0.3 is 0 Å². The monoisotopic (exact) mass is 721 g/mol. The molecule has 9 nitrogen and oxygen atoms in total. The summed E-state index contributed by atoms with van der Waals surface area (Å²) in [6.45, 7) is 1.65. The van der Waals surface area contributed by atoms with Crippen molar-refractivity contribution in [2.24, 2.45) is 0 Å². The van der Waals surface area contributed by atoms with E-state index >= 15 is 0 Å². The number of nitrogens with one attached hydrogen (secondary N) is 2. The quantitative estimate of drug-likeness (QED) is 0.203. The number of amides is 1. The van der Waals surface area contributed by atoms with Crippen LogP contribution in [0, 0.1) is 5.82 Å². The zero-order valence-electron chi connectivity index (χ0n) is 22.0. The first-order valence-electron chi connectivity index (χ1n) is 12.9. The number of halogens is 1. The molecule has 2 aromatic carbocycles. The predicted octanol–water partition coefficient (Wildman–Crippen LogP) is 3.10. The van der Waals surface area contributed by atoms with Gasteiger partial charge in [0.2, 0.25) is 0 Å². The Balaban J connectivity index is 1.33. The standard InChI is InChI=1S/C28H32FN7O2.Tl/c1-35(2)34-38-18-26(22-7-3-4-8-24(22)29)36-15-5-6-21(17-36)31-28(37)20-9-10-25-23(16-20)27(33-32-25)19-11-13-30-14-12-19;/h3-4,7-14,16,21,26,34H,5-6,15,17-18H2,1-2H3,(H2,30,31,32,33,37);/q;+1/p-1/t21-,26?;/m1./s1. The van der Waals surface area contributed by atoms with Crippen molar-refractivity contribution in [3.63, 3.8) is 0 Å². The number of fused-ring (bicyclic) bond motifs is 1. The van der Waals surface area contributed by atoms with Crippen molar-refractivity contribution in [1.29, 1.82) is 0 Å². The third-order valence-corrected chi connectivity index (χ3v) is 8.43. The topological polar surface area (TPSA) is 87.6 Å². The summed E-state index contributed by atoms with van der Waals surface area (Å²) in [4.78, 5) is 25.4. The number of benzene rings is 2. The van der Waals surface area contributed by atoms with Crippen molar-refractivity contribution in [3.8, 4) is 11.3 Å². The molecule has 200 valence electrons. The molecule has 2 N–H and O–H groups in total. The van der Waals surface area contributed by atoms with E-state index in [-0.39, 0.29) is 30.4 Å². The van der Waals surface area contributed by atoms with Crippen molar-refractivity contribution < 1.29 is 14.0 Å². The molecule has 4 aromatic rings. The van der Waals surface area contributed by atoms with Gasteiger partial charge in [-0.25, -0.2) is 9.40 Å². The van der Waals surface area contributed by atoms with E-state index in [2.05, 4.69) is 20.8 Å². The molecule has 1 amide bonds. The summed E-state index contributed by atoms with van der Waals surface area (Å²) < 4.78 is 16.8. The molecular formula is C28H31FN7O2Tl. The van der Waals surface area contributed by atoms with Crippen LogP contribution in [0.1, 0.15) is 34.8 Å². The molecule has 39 heavy (non-hydrogen) atoms. The number of hydrogen-bond acceptors (Lipinski definition) is 7. The van der Waals surface area contributed by atoms with Crippen molar-refractivity contribution >= 4 is 42.9 Å². The fourth-order valence-corrected chi connectivity index (χ4v) is 6.39. The Bertz CT molecular complexity index is 1430. The van der Waals surface area contributed by atoms with Gasteiger partial charge in [-0.1, -0.05) is 18.2 Å². The third kappa shape index (κ3) is 6.52. The number of likely N-dealkylation sites (tertiary alicyclic amines) is 1. The molecule has 3 heterocycles. The number of hydrogen-bond donors (Lipinski definition) is 2. The molecule has 1 saturated heterocycles. The van der Waals surface area contributed by atoms with E-state index in [0.29, 0.717) is 43.7 Å². The molecular weight excluding hydrogens is 690 g/mol. The Hall–Kier alpha value is -2.78. The number of carbonyl (C=O) groups is 1. The number of rotatable bonds is 9. The summed E-state index contributed by atoms with van der Waals surface area (Å²) >= 11 is 0.500. The minimum atomic E-state index is -0.294. The molecule has 1 aliphatic rings. The van der Waals surface area contributed by atoms with Crippen LogP contribution in [0.25, 0.3) is 22.2 Å². The fourth-order valence-electron chi connectivity index (χ4n) is 5.06. The maximum absolute atomic E-state index is 14.8. The predicted molar refractivity (Wildman–Crippen MR) is 148 cm³/mol. The van der Waals surface area contributed by atoms with Gasteiger partial charge in [0, 0.05) is 14.1 Å². The van der Waals surface area contributed by atoms with Gasteiger partial charge in [0.05, 0.1) is 0 Å². The summed E-state index contributed by atoms with van der Waals surface area (Å²) in [5.74, 6) is -0.387. The minimum absolute atomic E-state index is 0.0690. The Labute approximate surface area is 243 Å². The van der Waals surface area contributed by atoms with Crippen LogP contribution in [0.4, 0.5) is 4.39 Å². The second-order valence-electron chi connectivity index (χ2n) is 9.90. The van der Waals surface area contributed by atoms with Crippen LogP contribution in [0.3, 0.4) is 0 Å². The Morgan fingerprint density at radius 3 is 2.77 bits per heavy atom. The zero-order valence-corrected chi connectivity index (χ0v) is 26.5. The van der Waals surface area contributed by atoms with Crippen LogP contribution in [0.15, 0.2) is 67.0 Å². The maximum atomic E-state index is 14.8. The van der Waals surface area contributed by atoms with Gasteiger partial charge in [0.15, 0.2) is 0 Å². The Morgan fingerprint density at radius 1 is 1.21 bits per heavy atom. The summed E-state index contributed by atoms with van der Waals surface area (Å²) in [7, 11) is 3.66. The first kappa shape index (κ1) is 27.8. The Morgan fingerprint density at radius 2 is 2.00 bits per heavy atom. The van der Waals surface area contributed by atoms with Gasteiger partial charge in [-0.05, 0) is 6.07 Å². The molecule has 0 bridgehead atoms. The molecule has 0 aliphatic carbocycles. The molecule has 2 aromatic heterocycles. The second kappa shape index (κ2) is 12.6. The van der Waals surface area contributed by atoms with Gasteiger partial charge in [-0.3, -0.25) is 4.84 Å². The van der Waals surface area contributed by atoms with Crippen molar-refractivity contribution in [3.05, 3.63) is 83.9 Å². The SMILES string of the molecule is CN(C)NOCC(c1ccccc1F)N1CCC[C@@H](NC(=O)c2ccc3c(c2)c(-c2ccncc2)n[n]3[Tl])C1. The molecule has 0 spiro atoms. The summed E-state index contributed by atoms with van der Waals surface area (Å²) in [6.07, 6.45) is 5.23. The van der Waals surface area contributed by atoms with E-state index in [1.54, 1.807) is 29.5 Å². The second-order valence-corrected chi connectivity index (χ2v) is 11.8. The molecule has 1 unspecified atom stereocenters. The summed E-state index contributed by atoms with van der Waals surface area (Å²) in [6, 6.07) is 16.1. The normalized spacial score (nSPS) is 16.9. The Kier molecular flexibility index (Phi) is 8.97. The number of pyridine rings is 1. The van der Waals surface area contributed by atoms with E-state index in [1.165, 1.54) is 6.07 Å². The number of aromatic nitrogens is 3. The van der Waals surface area contributed by atoms with Crippen LogP contribution in [0.2, 0.25) is 0 Å². The average molecular weight is 721 g/mol. The first-order valence-corrected chi connectivity index (χ1v) is 14.9. The zero-order chi connectivity index (χ0) is 27.4. The van der Waals surface area contributed by atoms with Crippen molar-refractivity contribution in [2.45, 2.75) is 24.9 Å². The molecule has 2 atom stereocenters. The number of nitrogens with zero attached hydrogens (tertiary/aromatic N) is 5. The van der Waals surface area contributed by atoms with E-state index < -0.39 is 0 Å². The van der Waals surface area contributed by atoms with Crippen LogP contribution in [0.5, 0.6) is 0 Å². The molecule has 1 aliphatic heterocycles. The van der Waals surface area contributed by atoms with Gasteiger partial charge in [-0.15, -0.1) is 5.59 Å². The van der Waals surface area contributed by atoms with Gasteiger partial charge >= 0.3 is 180 Å². The van der Waals surface area contributed by atoms with Crippen LogP contribution < -0.4 is 10.9 Å². The number of carbonyl (C=O) groups excluding carboxylic acids is 1. The van der Waals surface area contributed by atoms with Gasteiger partial charge in [-0.2, -0.15) is 0 Å². The number of piperidine rings is 1. The van der Waals surface area contributed by atoms with Crippen molar-refractivity contribution in [2.75, 3.05) is 33.8 Å². The molecule has 11 heteroatoms. The molecule has 0 saturated carbocycles. The van der Waals surface area contributed by atoms with E-state index in [9.17, 15) is 9.18 Å². The van der Waals surface area contributed by atoms with Crippen LogP contribution >= 0.6 is 0 Å². The number of hydrazine groups is 1. The molecule has 5 rings (SSSR count). The van der Waals surface area contributed by atoms with E-state index in [0.717, 1.165) is 41.5 Å². The van der Waals surface area contributed by atoms with Gasteiger partial charge in [0.1, 0.15) is 5.82 Å². The van der Waals surface area contributed by atoms with Crippen molar-refractivity contribution in [1.82, 2.24) is 33.4 Å². The first-order chi connectivity index (χ1) is 18.9. The average Bonchev–Trinajstić information content (AvgIpc) is 3.28. The van der Waals surface area contributed by atoms with E-state index in [1.807, 2.05) is 53.0 Å².